The van der Waals surface area contributed by atoms with E-state index in [1.807, 2.05) is 0 Å². The first-order chi connectivity index (χ1) is 12.1. The van der Waals surface area contributed by atoms with E-state index >= 15 is 0 Å². The molecule has 25 heavy (non-hydrogen) atoms. The van der Waals surface area contributed by atoms with Gasteiger partial charge in [0.15, 0.2) is 0 Å². The van der Waals surface area contributed by atoms with Crippen LogP contribution in [0, 0.1) is 0 Å². The van der Waals surface area contributed by atoms with Gasteiger partial charge >= 0.3 is 0 Å². The fourth-order valence-electron chi connectivity index (χ4n) is 1.38. The van der Waals surface area contributed by atoms with Gasteiger partial charge in [-0.3, -0.25) is 4.79 Å². The lowest BCUT2D eigenvalue weighted by molar-refractivity contribution is -0.123. The molecule has 0 fully saturated rings. The van der Waals surface area contributed by atoms with E-state index in [9.17, 15) is 4.79 Å². The van der Waals surface area contributed by atoms with Crippen LogP contribution in [0.15, 0.2) is 17.1 Å². The van der Waals surface area contributed by atoms with E-state index < -0.39 is 12.5 Å². The molecule has 0 saturated heterocycles. The number of unbranched alkanes of at least 4 members (excludes halogenated alkanes) is 3. The number of amides is 1. The summed E-state index contributed by atoms with van der Waals surface area (Å²) in [5.41, 5.74) is 6.17. The van der Waals surface area contributed by atoms with Crippen LogP contribution in [-0.2, 0) is 14.4 Å². The standard InChI is InChI=1S/C13H26N4O4.C4H10/c1-15-21-8-7-20-6-4-2-3-5-16-9-12(14)10-17-13(19)11-18;1-3-4-2/h9,16,18H,1-8,10-11,14H2,(H,17,19);3-4H2,1-2H3/b12-9-;. The van der Waals surface area contributed by atoms with Crippen LogP contribution in [0.2, 0.25) is 0 Å². The Morgan fingerprint density at radius 3 is 2.52 bits per heavy atom. The van der Waals surface area contributed by atoms with Crippen molar-refractivity contribution in [3.8, 4) is 0 Å². The van der Waals surface area contributed by atoms with E-state index in [1.54, 1.807) is 6.20 Å². The highest BCUT2D eigenvalue weighted by Crippen LogP contribution is 1.95. The Hall–Kier alpha value is -1.80. The van der Waals surface area contributed by atoms with Crippen LogP contribution in [0.1, 0.15) is 46.0 Å². The molecule has 0 aromatic carbocycles. The third kappa shape index (κ3) is 24.6. The van der Waals surface area contributed by atoms with Crippen molar-refractivity contribution in [2.75, 3.05) is 39.5 Å². The van der Waals surface area contributed by atoms with Crippen LogP contribution in [0.25, 0.3) is 0 Å². The van der Waals surface area contributed by atoms with Crippen molar-refractivity contribution in [2.24, 2.45) is 10.9 Å². The summed E-state index contributed by atoms with van der Waals surface area (Å²) in [6, 6.07) is 0. The maximum Gasteiger partial charge on any atom is 0.246 e. The van der Waals surface area contributed by atoms with Gasteiger partial charge in [0, 0.05) is 31.8 Å². The number of oxime groups is 1. The van der Waals surface area contributed by atoms with Crippen molar-refractivity contribution < 1.29 is 19.5 Å². The summed E-state index contributed by atoms with van der Waals surface area (Å²) < 4.78 is 5.32. The Bertz CT molecular complexity index is 337. The molecule has 5 N–H and O–H groups in total. The van der Waals surface area contributed by atoms with Gasteiger partial charge in [0.2, 0.25) is 5.91 Å². The topological polar surface area (TPSA) is 118 Å². The molecule has 0 radical (unpaired) electrons. The molecule has 1 amide bonds. The minimum atomic E-state index is -0.529. The normalized spacial score (nSPS) is 10.4. The number of nitrogens with zero attached hydrogens (tertiary/aromatic N) is 1. The predicted molar refractivity (Wildman–Crippen MR) is 101 cm³/mol. The molecule has 148 valence electrons. The van der Waals surface area contributed by atoms with Crippen molar-refractivity contribution in [1.29, 1.82) is 0 Å². The van der Waals surface area contributed by atoms with Gasteiger partial charge in [0.05, 0.1) is 13.2 Å². The summed E-state index contributed by atoms with van der Waals surface area (Å²) >= 11 is 0. The van der Waals surface area contributed by atoms with E-state index in [2.05, 4.69) is 41.2 Å². The van der Waals surface area contributed by atoms with Gasteiger partial charge in [0.1, 0.15) is 13.2 Å². The maximum absolute atomic E-state index is 10.8. The van der Waals surface area contributed by atoms with Crippen LogP contribution >= 0.6 is 0 Å². The fraction of sp³-hybridized carbons (Fsp3) is 0.765. The van der Waals surface area contributed by atoms with E-state index in [-0.39, 0.29) is 6.54 Å². The molecule has 0 atom stereocenters. The quantitative estimate of drug-likeness (QED) is 0.197. The first-order valence-corrected chi connectivity index (χ1v) is 8.83. The lowest BCUT2D eigenvalue weighted by Gasteiger charge is -2.06. The molecular formula is C17H36N4O4. The molecule has 0 saturated carbocycles. The smallest absolute Gasteiger partial charge is 0.246 e. The molecule has 0 heterocycles. The van der Waals surface area contributed by atoms with Gasteiger partial charge in [0.25, 0.3) is 0 Å². The number of rotatable bonds is 15. The first-order valence-electron chi connectivity index (χ1n) is 8.83. The number of nitrogens with two attached hydrogens (primary N) is 1. The van der Waals surface area contributed by atoms with Crippen molar-refractivity contribution in [1.82, 2.24) is 10.6 Å². The zero-order chi connectivity index (χ0) is 19.2. The summed E-state index contributed by atoms with van der Waals surface area (Å²) in [6.45, 7) is 9.71. The average Bonchev–Trinajstić information content (AvgIpc) is 2.64. The second-order valence-electron chi connectivity index (χ2n) is 5.24. The second-order valence-corrected chi connectivity index (χ2v) is 5.24. The number of hydrogen-bond acceptors (Lipinski definition) is 7. The fourth-order valence-corrected chi connectivity index (χ4v) is 1.38. The lowest BCUT2D eigenvalue weighted by Crippen LogP contribution is -2.30. The Kier molecular flexibility index (Phi) is 22.6. The van der Waals surface area contributed by atoms with Crippen molar-refractivity contribution in [3.05, 3.63) is 11.9 Å². The summed E-state index contributed by atoms with van der Waals surface area (Å²) in [5.74, 6) is -0.444. The number of carbonyl (C=O) groups is 1. The molecule has 0 rings (SSSR count). The molecule has 0 spiro atoms. The highest BCUT2D eigenvalue weighted by Gasteiger charge is 1.97. The zero-order valence-electron chi connectivity index (χ0n) is 15.8. The van der Waals surface area contributed by atoms with Gasteiger partial charge in [-0.1, -0.05) is 26.7 Å². The largest absolute Gasteiger partial charge is 0.399 e. The molecule has 0 aromatic rings. The van der Waals surface area contributed by atoms with E-state index in [1.165, 1.54) is 12.8 Å². The summed E-state index contributed by atoms with van der Waals surface area (Å²) in [6.07, 6.45) is 7.33. The van der Waals surface area contributed by atoms with E-state index in [4.69, 9.17) is 15.6 Å². The number of carbonyl (C=O) groups excluding carboxylic acids is 1. The Morgan fingerprint density at radius 1 is 1.20 bits per heavy atom. The van der Waals surface area contributed by atoms with Gasteiger partial charge in [-0.2, -0.15) is 0 Å². The number of nitrogens with one attached hydrogen (secondary N) is 2. The van der Waals surface area contributed by atoms with Gasteiger partial charge < -0.3 is 31.0 Å². The molecule has 0 bridgehead atoms. The maximum atomic E-state index is 10.8. The minimum absolute atomic E-state index is 0.224. The van der Waals surface area contributed by atoms with E-state index in [0.29, 0.717) is 25.5 Å². The molecule has 0 aliphatic heterocycles. The van der Waals surface area contributed by atoms with Crippen LogP contribution in [-0.4, -0.2) is 57.2 Å². The van der Waals surface area contributed by atoms with E-state index in [0.717, 1.165) is 25.8 Å². The summed E-state index contributed by atoms with van der Waals surface area (Å²) in [4.78, 5) is 15.5. The average molecular weight is 360 g/mol. The second kappa shape index (κ2) is 22.2. The molecule has 0 unspecified atom stereocenters. The molecule has 0 aliphatic rings. The SMILES string of the molecule is C=NOCCOCCCCCN/C=C(\N)CNC(=O)CO.CCCC. The van der Waals surface area contributed by atoms with Crippen LogP contribution in [0.4, 0.5) is 0 Å². The van der Waals surface area contributed by atoms with Crippen LogP contribution < -0.4 is 16.4 Å². The number of aliphatic hydroxyl groups is 1. The number of aliphatic hydroxyl groups excluding tert-OH is 1. The Morgan fingerprint density at radius 2 is 1.92 bits per heavy atom. The zero-order valence-corrected chi connectivity index (χ0v) is 15.8. The van der Waals surface area contributed by atoms with Gasteiger partial charge in [-0.05, 0) is 19.3 Å². The lowest BCUT2D eigenvalue weighted by atomic mass is 10.2. The molecule has 0 aliphatic carbocycles. The minimum Gasteiger partial charge on any atom is -0.399 e. The van der Waals surface area contributed by atoms with Crippen molar-refractivity contribution >= 4 is 12.6 Å². The third-order valence-corrected chi connectivity index (χ3v) is 2.94. The van der Waals surface area contributed by atoms with Gasteiger partial charge in [-0.25, -0.2) is 0 Å². The van der Waals surface area contributed by atoms with Crippen LogP contribution in [0.3, 0.4) is 0 Å². The van der Waals surface area contributed by atoms with Crippen molar-refractivity contribution in [3.63, 3.8) is 0 Å². The number of ether oxygens (including phenoxy) is 1. The van der Waals surface area contributed by atoms with Gasteiger partial charge in [-0.15, -0.1) is 5.16 Å². The van der Waals surface area contributed by atoms with Crippen LogP contribution in [0.5, 0.6) is 0 Å². The first kappa shape index (κ1) is 25.4. The molecule has 0 aromatic heterocycles. The highest BCUT2D eigenvalue weighted by molar-refractivity contribution is 5.77. The Labute approximate surface area is 151 Å². The predicted octanol–water partition coefficient (Wildman–Crippen LogP) is 1.11. The highest BCUT2D eigenvalue weighted by atomic mass is 16.6. The monoisotopic (exact) mass is 360 g/mol. The third-order valence-electron chi connectivity index (χ3n) is 2.94. The Balaban J connectivity index is 0. The molecule has 8 nitrogen and oxygen atoms in total. The van der Waals surface area contributed by atoms with Crippen molar-refractivity contribution in [2.45, 2.75) is 46.0 Å². The summed E-state index contributed by atoms with van der Waals surface area (Å²) in [5, 5.41) is 17.3. The molecule has 8 heteroatoms. The summed E-state index contributed by atoms with van der Waals surface area (Å²) in [7, 11) is 0. The number of hydrogen-bond donors (Lipinski definition) is 4. The molecular weight excluding hydrogens is 324 g/mol.